The van der Waals surface area contributed by atoms with Crippen molar-refractivity contribution in [3.05, 3.63) is 95.6 Å². The summed E-state index contributed by atoms with van der Waals surface area (Å²) in [5.74, 6) is -0.619. The van der Waals surface area contributed by atoms with Crippen LogP contribution >= 0.6 is 0 Å². The fourth-order valence-electron chi connectivity index (χ4n) is 5.56. The molecule has 0 unspecified atom stereocenters. The Morgan fingerprint density at radius 1 is 0.902 bits per heavy atom. The maximum atomic E-state index is 14.2. The highest BCUT2D eigenvalue weighted by atomic mass is 32.2. The van der Waals surface area contributed by atoms with E-state index in [1.807, 2.05) is 63.2 Å². The molecule has 3 aromatic rings. The number of nitrogens with zero attached hydrogens (tertiary/aromatic N) is 2. The highest BCUT2D eigenvalue weighted by Crippen LogP contribution is 2.28. The maximum absolute atomic E-state index is 14.2. The van der Waals surface area contributed by atoms with Crippen LogP contribution in [0.3, 0.4) is 0 Å². The first kappa shape index (κ1) is 30.3. The molecule has 1 saturated carbocycles. The molecule has 0 aliphatic heterocycles. The summed E-state index contributed by atoms with van der Waals surface area (Å²) >= 11 is 0. The van der Waals surface area contributed by atoms with Crippen LogP contribution in [0, 0.1) is 13.8 Å². The van der Waals surface area contributed by atoms with Crippen LogP contribution in [0.15, 0.2) is 83.8 Å². The number of carbonyl (C=O) groups excluding carboxylic acids is 2. The van der Waals surface area contributed by atoms with Gasteiger partial charge in [-0.1, -0.05) is 92.4 Å². The van der Waals surface area contributed by atoms with Gasteiger partial charge in [0.05, 0.1) is 10.6 Å². The number of sulfonamides is 1. The second-order valence-corrected chi connectivity index (χ2v) is 12.8. The van der Waals surface area contributed by atoms with E-state index < -0.39 is 28.5 Å². The predicted molar refractivity (Wildman–Crippen MR) is 163 cm³/mol. The van der Waals surface area contributed by atoms with Gasteiger partial charge in [0.2, 0.25) is 11.8 Å². The van der Waals surface area contributed by atoms with Crippen molar-refractivity contribution in [2.75, 3.05) is 10.8 Å². The first-order valence-corrected chi connectivity index (χ1v) is 15.9. The average molecular weight is 576 g/mol. The van der Waals surface area contributed by atoms with Gasteiger partial charge < -0.3 is 10.2 Å². The molecule has 4 rings (SSSR count). The molecule has 0 saturated heterocycles. The summed E-state index contributed by atoms with van der Waals surface area (Å²) in [5.41, 5.74) is 3.04. The third-order valence-corrected chi connectivity index (χ3v) is 9.54. The summed E-state index contributed by atoms with van der Waals surface area (Å²) in [4.78, 5) is 29.5. The second-order valence-electron chi connectivity index (χ2n) is 10.9. The molecule has 7 nitrogen and oxygen atoms in total. The average Bonchev–Trinajstić information content (AvgIpc) is 2.97. The van der Waals surface area contributed by atoms with Crippen molar-refractivity contribution in [3.63, 3.8) is 0 Å². The van der Waals surface area contributed by atoms with Gasteiger partial charge in [-0.2, -0.15) is 0 Å². The Balaban J connectivity index is 1.71. The van der Waals surface area contributed by atoms with Crippen LogP contribution in [-0.4, -0.2) is 43.8 Å². The van der Waals surface area contributed by atoms with Crippen LogP contribution in [0.2, 0.25) is 0 Å². The zero-order valence-electron chi connectivity index (χ0n) is 24.3. The van der Waals surface area contributed by atoms with Gasteiger partial charge >= 0.3 is 0 Å². The standard InChI is InChI=1S/C33H41N3O4S/c1-4-30(33(38)34-28-16-10-6-11-17-28)35(23-27-14-8-5-9-15-27)32(37)24-36(31-21-20-25(2)22-26(31)3)41(39,40)29-18-12-7-13-19-29/h5,7-9,12-15,18-22,28,30H,4,6,10-11,16-17,23-24H2,1-3H3,(H,34,38)/t30-/m0/s1. The van der Waals surface area contributed by atoms with Crippen molar-refractivity contribution in [1.29, 1.82) is 0 Å². The summed E-state index contributed by atoms with van der Waals surface area (Å²) in [7, 11) is -4.08. The molecule has 1 aliphatic carbocycles. The molecular weight excluding hydrogens is 534 g/mol. The Labute approximate surface area is 244 Å². The Morgan fingerprint density at radius 2 is 1.54 bits per heavy atom. The number of hydrogen-bond donors (Lipinski definition) is 1. The van der Waals surface area contributed by atoms with Gasteiger partial charge in [-0.3, -0.25) is 13.9 Å². The van der Waals surface area contributed by atoms with Crippen molar-refractivity contribution in [2.45, 2.75) is 82.8 Å². The van der Waals surface area contributed by atoms with E-state index in [0.29, 0.717) is 12.1 Å². The van der Waals surface area contributed by atoms with E-state index in [1.165, 1.54) is 22.9 Å². The third kappa shape index (κ3) is 7.55. The summed E-state index contributed by atoms with van der Waals surface area (Å²) in [6.07, 6.45) is 5.61. The number of nitrogens with one attached hydrogen (secondary N) is 1. The van der Waals surface area contributed by atoms with E-state index in [-0.39, 0.29) is 23.4 Å². The third-order valence-electron chi connectivity index (χ3n) is 7.76. The van der Waals surface area contributed by atoms with Crippen molar-refractivity contribution in [2.24, 2.45) is 0 Å². The number of aryl methyl sites for hydroxylation is 2. The van der Waals surface area contributed by atoms with Gasteiger partial charge in [0.25, 0.3) is 10.0 Å². The highest BCUT2D eigenvalue weighted by molar-refractivity contribution is 7.92. The van der Waals surface area contributed by atoms with Gasteiger partial charge in [0.15, 0.2) is 0 Å². The largest absolute Gasteiger partial charge is 0.352 e. The molecule has 1 aliphatic rings. The Bertz CT molecular complexity index is 1420. The Morgan fingerprint density at radius 3 is 2.15 bits per heavy atom. The topological polar surface area (TPSA) is 86.8 Å². The van der Waals surface area contributed by atoms with Gasteiger partial charge in [-0.25, -0.2) is 8.42 Å². The van der Waals surface area contributed by atoms with E-state index >= 15 is 0 Å². The molecule has 41 heavy (non-hydrogen) atoms. The van der Waals surface area contributed by atoms with Crippen molar-refractivity contribution in [1.82, 2.24) is 10.2 Å². The molecule has 0 aromatic heterocycles. The number of carbonyl (C=O) groups is 2. The van der Waals surface area contributed by atoms with E-state index in [4.69, 9.17) is 0 Å². The number of rotatable bonds is 11. The molecule has 2 amide bonds. The minimum atomic E-state index is -4.08. The minimum Gasteiger partial charge on any atom is -0.352 e. The van der Waals surface area contributed by atoms with Crippen LogP contribution in [0.25, 0.3) is 0 Å². The lowest BCUT2D eigenvalue weighted by molar-refractivity contribution is -0.140. The molecule has 218 valence electrons. The van der Waals surface area contributed by atoms with Crippen molar-refractivity contribution in [3.8, 4) is 0 Å². The van der Waals surface area contributed by atoms with E-state index in [1.54, 1.807) is 29.2 Å². The first-order valence-electron chi connectivity index (χ1n) is 14.5. The molecule has 3 aromatic carbocycles. The van der Waals surface area contributed by atoms with E-state index in [2.05, 4.69) is 5.32 Å². The van der Waals surface area contributed by atoms with E-state index in [0.717, 1.165) is 42.4 Å². The lowest BCUT2D eigenvalue weighted by Gasteiger charge is -2.34. The van der Waals surface area contributed by atoms with Crippen molar-refractivity contribution >= 4 is 27.5 Å². The molecule has 0 spiro atoms. The van der Waals surface area contributed by atoms with Crippen molar-refractivity contribution < 1.29 is 18.0 Å². The predicted octanol–water partition coefficient (Wildman–Crippen LogP) is 5.76. The molecule has 0 radical (unpaired) electrons. The number of benzene rings is 3. The quantitative estimate of drug-likeness (QED) is 0.315. The minimum absolute atomic E-state index is 0.101. The van der Waals surface area contributed by atoms with Crippen LogP contribution < -0.4 is 9.62 Å². The van der Waals surface area contributed by atoms with Gasteiger partial charge in [-0.05, 0) is 62.4 Å². The summed E-state index contributed by atoms with van der Waals surface area (Å²) < 4.78 is 29.2. The zero-order chi connectivity index (χ0) is 29.4. The monoisotopic (exact) mass is 575 g/mol. The normalized spacial score (nSPS) is 14.7. The SMILES string of the molecule is CC[C@@H](C(=O)NC1CCCCC1)N(Cc1ccccc1)C(=O)CN(c1ccc(C)cc1C)S(=O)(=O)c1ccccc1. The van der Waals surface area contributed by atoms with E-state index in [9.17, 15) is 18.0 Å². The zero-order valence-corrected chi connectivity index (χ0v) is 25.1. The molecule has 1 atom stereocenters. The maximum Gasteiger partial charge on any atom is 0.264 e. The molecular formula is C33H41N3O4S. The van der Waals surface area contributed by atoms with Gasteiger partial charge in [-0.15, -0.1) is 0 Å². The molecule has 0 bridgehead atoms. The molecule has 1 N–H and O–H groups in total. The summed E-state index contributed by atoms with van der Waals surface area (Å²) in [5, 5.41) is 3.18. The molecule has 1 fully saturated rings. The van der Waals surface area contributed by atoms with Crippen LogP contribution in [0.4, 0.5) is 5.69 Å². The second kappa shape index (κ2) is 13.8. The van der Waals surface area contributed by atoms with Crippen LogP contribution in [-0.2, 0) is 26.2 Å². The fourth-order valence-corrected chi connectivity index (χ4v) is 7.06. The van der Waals surface area contributed by atoms with Crippen LogP contribution in [0.1, 0.15) is 62.1 Å². The van der Waals surface area contributed by atoms with Gasteiger partial charge in [0, 0.05) is 12.6 Å². The number of hydrogen-bond acceptors (Lipinski definition) is 4. The van der Waals surface area contributed by atoms with Gasteiger partial charge in [0.1, 0.15) is 12.6 Å². The molecule has 0 heterocycles. The lowest BCUT2D eigenvalue weighted by Crippen LogP contribution is -2.54. The lowest BCUT2D eigenvalue weighted by atomic mass is 9.95. The molecule has 8 heteroatoms. The first-order chi connectivity index (χ1) is 19.7. The summed E-state index contributed by atoms with van der Waals surface area (Å²) in [6, 6.07) is 22.5. The highest BCUT2D eigenvalue weighted by Gasteiger charge is 2.34. The smallest absolute Gasteiger partial charge is 0.264 e. The fraction of sp³-hybridized carbons (Fsp3) is 0.394. The Hall–Kier alpha value is -3.65. The number of amides is 2. The number of anilines is 1. The summed E-state index contributed by atoms with van der Waals surface area (Å²) in [6.45, 7) is 5.44. The Kier molecular flexibility index (Phi) is 10.2. The van der Waals surface area contributed by atoms with Crippen LogP contribution in [0.5, 0.6) is 0 Å².